The van der Waals surface area contributed by atoms with Gasteiger partial charge >= 0.3 is 0 Å². The molecule has 2 heterocycles. The van der Waals surface area contributed by atoms with E-state index in [9.17, 15) is 0 Å². The summed E-state index contributed by atoms with van der Waals surface area (Å²) in [4.78, 5) is 4.70. The Labute approximate surface area is 137 Å². The predicted octanol–water partition coefficient (Wildman–Crippen LogP) is 4.51. The van der Waals surface area contributed by atoms with Crippen LogP contribution in [0.5, 0.6) is 0 Å². The number of fused-ring (bicyclic) bond motifs is 1. The molecule has 0 saturated carbocycles. The van der Waals surface area contributed by atoms with Crippen LogP contribution >= 0.6 is 34.2 Å². The molecule has 0 aliphatic carbocycles. The molecule has 20 heavy (non-hydrogen) atoms. The van der Waals surface area contributed by atoms with Crippen molar-refractivity contribution in [2.24, 2.45) is 0 Å². The van der Waals surface area contributed by atoms with Gasteiger partial charge in [-0.15, -0.1) is 11.6 Å². The number of alkyl halides is 1. The molecule has 1 aromatic carbocycles. The quantitative estimate of drug-likeness (QED) is 0.544. The number of ether oxygens (including phenoxy) is 1. The van der Waals surface area contributed by atoms with E-state index in [1.807, 2.05) is 0 Å². The summed E-state index contributed by atoms with van der Waals surface area (Å²) in [5.41, 5.74) is 2.15. The largest absolute Gasteiger partial charge is 0.375 e. The molecule has 3 rings (SSSR count). The van der Waals surface area contributed by atoms with Crippen LogP contribution in [-0.2, 0) is 10.6 Å². The summed E-state index contributed by atoms with van der Waals surface area (Å²) in [6.45, 7) is 5.10. The maximum Gasteiger partial charge on any atom is 0.125 e. The van der Waals surface area contributed by atoms with Gasteiger partial charge in [-0.25, -0.2) is 4.98 Å². The second-order valence-electron chi connectivity index (χ2n) is 5.92. The van der Waals surface area contributed by atoms with Gasteiger partial charge in [0.15, 0.2) is 0 Å². The normalized spacial score (nSPS) is 22.3. The van der Waals surface area contributed by atoms with Crippen LogP contribution in [0.3, 0.4) is 0 Å². The van der Waals surface area contributed by atoms with E-state index in [0.717, 1.165) is 30.8 Å². The van der Waals surface area contributed by atoms with Gasteiger partial charge in [0.25, 0.3) is 0 Å². The number of benzene rings is 1. The fourth-order valence-corrected chi connectivity index (χ4v) is 3.71. The number of aromatic nitrogens is 2. The minimum absolute atomic E-state index is 0.0771. The van der Waals surface area contributed by atoms with Crippen molar-refractivity contribution in [2.75, 3.05) is 6.61 Å². The average Bonchev–Trinajstić information content (AvgIpc) is 2.74. The summed E-state index contributed by atoms with van der Waals surface area (Å²) in [6.07, 6.45) is 2.01. The molecule has 108 valence electrons. The Morgan fingerprint density at radius 1 is 1.50 bits per heavy atom. The van der Waals surface area contributed by atoms with E-state index in [-0.39, 0.29) is 5.60 Å². The lowest BCUT2D eigenvalue weighted by Crippen LogP contribution is -2.35. The van der Waals surface area contributed by atoms with Crippen molar-refractivity contribution in [1.29, 1.82) is 0 Å². The Balaban J connectivity index is 2.09. The molecule has 1 unspecified atom stereocenters. The van der Waals surface area contributed by atoms with Gasteiger partial charge in [-0.3, -0.25) is 0 Å². The van der Waals surface area contributed by atoms with Crippen molar-refractivity contribution in [3.05, 3.63) is 27.6 Å². The predicted molar refractivity (Wildman–Crippen MR) is 90.3 cm³/mol. The van der Waals surface area contributed by atoms with Crippen molar-refractivity contribution in [1.82, 2.24) is 9.55 Å². The SMILES string of the molecule is CC1(C)CC(n2c(CCl)nc3cc(I)ccc32)CCO1. The zero-order chi connectivity index (χ0) is 14.3. The molecule has 1 fully saturated rings. The molecule has 0 bridgehead atoms. The van der Waals surface area contributed by atoms with E-state index < -0.39 is 0 Å². The van der Waals surface area contributed by atoms with Crippen LogP contribution in [0.4, 0.5) is 0 Å². The summed E-state index contributed by atoms with van der Waals surface area (Å²) in [6, 6.07) is 6.82. The van der Waals surface area contributed by atoms with E-state index in [2.05, 4.69) is 59.2 Å². The molecule has 0 radical (unpaired) electrons. The van der Waals surface area contributed by atoms with Gasteiger partial charge < -0.3 is 9.30 Å². The van der Waals surface area contributed by atoms with Crippen LogP contribution in [0.25, 0.3) is 11.0 Å². The number of rotatable bonds is 2. The summed E-state index contributed by atoms with van der Waals surface area (Å²) in [5, 5.41) is 0. The van der Waals surface area contributed by atoms with E-state index in [1.165, 1.54) is 9.09 Å². The van der Waals surface area contributed by atoms with Crippen molar-refractivity contribution < 1.29 is 4.74 Å². The molecule has 1 aromatic heterocycles. The van der Waals surface area contributed by atoms with Crippen LogP contribution in [0.1, 0.15) is 38.6 Å². The fourth-order valence-electron chi connectivity index (χ4n) is 3.04. The third-order valence-electron chi connectivity index (χ3n) is 3.88. The van der Waals surface area contributed by atoms with Crippen molar-refractivity contribution in [3.8, 4) is 0 Å². The topological polar surface area (TPSA) is 27.1 Å². The van der Waals surface area contributed by atoms with Crippen LogP contribution in [-0.4, -0.2) is 21.8 Å². The third-order valence-corrected chi connectivity index (χ3v) is 4.79. The molecule has 1 atom stereocenters. The minimum Gasteiger partial charge on any atom is -0.375 e. The lowest BCUT2D eigenvalue weighted by Gasteiger charge is -2.36. The highest BCUT2D eigenvalue weighted by Crippen LogP contribution is 2.35. The van der Waals surface area contributed by atoms with Crippen molar-refractivity contribution in [3.63, 3.8) is 0 Å². The van der Waals surface area contributed by atoms with Gasteiger partial charge in [0.2, 0.25) is 0 Å². The zero-order valence-corrected chi connectivity index (χ0v) is 14.6. The zero-order valence-electron chi connectivity index (χ0n) is 11.7. The van der Waals surface area contributed by atoms with Gasteiger partial charge in [-0.1, -0.05) is 0 Å². The standard InChI is InChI=1S/C15H18ClIN2O/c1-15(2)8-11(5-6-20-15)19-13-4-3-10(17)7-12(13)18-14(19)9-16/h3-4,7,11H,5-6,8-9H2,1-2H3. The molecule has 0 spiro atoms. The molecule has 0 amide bonds. The number of nitrogens with zero attached hydrogens (tertiary/aromatic N) is 2. The molecule has 1 aliphatic heterocycles. The minimum atomic E-state index is -0.0771. The Hall–Kier alpha value is -0.330. The molecule has 0 N–H and O–H groups in total. The molecule has 3 nitrogen and oxygen atoms in total. The van der Waals surface area contributed by atoms with E-state index in [0.29, 0.717) is 11.9 Å². The second kappa shape index (κ2) is 5.46. The second-order valence-corrected chi connectivity index (χ2v) is 7.43. The van der Waals surface area contributed by atoms with Crippen molar-refractivity contribution >= 4 is 45.2 Å². The number of halogens is 2. The molecular weight excluding hydrogens is 387 g/mol. The van der Waals surface area contributed by atoms with Crippen LogP contribution in [0.15, 0.2) is 18.2 Å². The molecule has 1 aliphatic rings. The molecule has 5 heteroatoms. The van der Waals surface area contributed by atoms with Gasteiger partial charge in [-0.05, 0) is 67.5 Å². The van der Waals surface area contributed by atoms with Gasteiger partial charge in [0.05, 0.1) is 22.5 Å². The summed E-state index contributed by atoms with van der Waals surface area (Å²) in [5.74, 6) is 1.41. The van der Waals surface area contributed by atoms with Crippen molar-refractivity contribution in [2.45, 2.75) is 44.2 Å². The Kier molecular flexibility index (Phi) is 3.99. The maximum atomic E-state index is 6.12. The Morgan fingerprint density at radius 2 is 2.30 bits per heavy atom. The fraction of sp³-hybridized carbons (Fsp3) is 0.533. The first kappa shape index (κ1) is 14.6. The number of hydrogen-bond acceptors (Lipinski definition) is 2. The van der Waals surface area contributed by atoms with Gasteiger partial charge in [-0.2, -0.15) is 0 Å². The number of imidazole rings is 1. The maximum absolute atomic E-state index is 6.12. The molecule has 1 saturated heterocycles. The van der Waals surface area contributed by atoms with Crippen LogP contribution in [0, 0.1) is 3.57 Å². The third kappa shape index (κ3) is 2.70. The summed E-state index contributed by atoms with van der Waals surface area (Å²) in [7, 11) is 0. The Bertz CT molecular complexity index is 638. The lowest BCUT2D eigenvalue weighted by atomic mass is 9.93. The smallest absolute Gasteiger partial charge is 0.125 e. The first-order valence-corrected chi connectivity index (χ1v) is 8.48. The summed E-state index contributed by atoms with van der Waals surface area (Å²) < 4.78 is 9.35. The van der Waals surface area contributed by atoms with E-state index >= 15 is 0 Å². The van der Waals surface area contributed by atoms with E-state index in [1.54, 1.807) is 0 Å². The van der Waals surface area contributed by atoms with Gasteiger partial charge in [0, 0.05) is 16.2 Å². The molecular formula is C15H18ClIN2O. The first-order valence-electron chi connectivity index (χ1n) is 6.86. The van der Waals surface area contributed by atoms with Gasteiger partial charge in [0.1, 0.15) is 5.82 Å². The highest BCUT2D eigenvalue weighted by Gasteiger charge is 2.31. The number of hydrogen-bond donors (Lipinski definition) is 0. The molecule has 2 aromatic rings. The van der Waals surface area contributed by atoms with Crippen LogP contribution in [0.2, 0.25) is 0 Å². The summed E-state index contributed by atoms with van der Waals surface area (Å²) >= 11 is 8.44. The highest BCUT2D eigenvalue weighted by molar-refractivity contribution is 14.1. The average molecular weight is 405 g/mol. The Morgan fingerprint density at radius 3 is 3.00 bits per heavy atom. The first-order chi connectivity index (χ1) is 9.50. The van der Waals surface area contributed by atoms with Crippen LogP contribution < -0.4 is 0 Å². The highest BCUT2D eigenvalue weighted by atomic mass is 127. The monoisotopic (exact) mass is 404 g/mol. The van der Waals surface area contributed by atoms with E-state index in [4.69, 9.17) is 21.3 Å². The lowest BCUT2D eigenvalue weighted by molar-refractivity contribution is -0.0687.